The Kier molecular flexibility index (Phi) is 3.34. The minimum atomic E-state index is -3.87. The predicted molar refractivity (Wildman–Crippen MR) is 49.6 cm³/mol. The van der Waals surface area contributed by atoms with Gasteiger partial charge in [0.15, 0.2) is 0 Å². The van der Waals surface area contributed by atoms with Crippen LogP contribution >= 0.6 is 0 Å². The van der Waals surface area contributed by atoms with E-state index in [-0.39, 0.29) is 4.90 Å². The van der Waals surface area contributed by atoms with E-state index in [0.717, 1.165) is 18.5 Å². The SMILES string of the molecule is CC(C#N)NS(=O)(=O)c1cncc(F)c1. The van der Waals surface area contributed by atoms with Crippen LogP contribution < -0.4 is 4.72 Å². The summed E-state index contributed by atoms with van der Waals surface area (Å²) < 4.78 is 37.7. The fourth-order valence-electron chi connectivity index (χ4n) is 0.866. The van der Waals surface area contributed by atoms with Gasteiger partial charge in [-0.3, -0.25) is 4.98 Å². The van der Waals surface area contributed by atoms with Crippen LogP contribution in [0.2, 0.25) is 0 Å². The summed E-state index contributed by atoms with van der Waals surface area (Å²) in [6, 6.07) is 1.66. The van der Waals surface area contributed by atoms with Crippen LogP contribution in [-0.4, -0.2) is 19.4 Å². The first-order valence-corrected chi connectivity index (χ1v) is 5.46. The molecule has 0 aliphatic rings. The maximum absolute atomic E-state index is 12.7. The molecule has 1 rings (SSSR count). The Morgan fingerprint density at radius 2 is 2.27 bits per heavy atom. The molecule has 0 spiro atoms. The van der Waals surface area contributed by atoms with E-state index < -0.39 is 21.9 Å². The zero-order chi connectivity index (χ0) is 11.5. The molecule has 0 aromatic carbocycles. The van der Waals surface area contributed by atoms with Crippen molar-refractivity contribution in [3.8, 4) is 6.07 Å². The maximum atomic E-state index is 12.7. The van der Waals surface area contributed by atoms with Crippen molar-refractivity contribution in [2.24, 2.45) is 0 Å². The molecule has 1 atom stereocenters. The molecule has 1 heterocycles. The number of hydrogen-bond donors (Lipinski definition) is 1. The van der Waals surface area contributed by atoms with E-state index in [1.54, 1.807) is 6.07 Å². The van der Waals surface area contributed by atoms with Crippen LogP contribution in [0.15, 0.2) is 23.4 Å². The molecule has 0 radical (unpaired) electrons. The third kappa shape index (κ3) is 2.97. The Morgan fingerprint density at radius 3 is 2.80 bits per heavy atom. The van der Waals surface area contributed by atoms with Crippen LogP contribution in [0.3, 0.4) is 0 Å². The smallest absolute Gasteiger partial charge is 0.243 e. The summed E-state index contributed by atoms with van der Waals surface area (Å²) in [5, 5.41) is 8.43. The Labute approximate surface area is 86.6 Å². The summed E-state index contributed by atoms with van der Waals surface area (Å²) in [7, 11) is -3.87. The molecule has 1 N–H and O–H groups in total. The molecule has 1 aromatic rings. The van der Waals surface area contributed by atoms with Gasteiger partial charge in [-0.25, -0.2) is 12.8 Å². The van der Waals surface area contributed by atoms with Crippen molar-refractivity contribution in [3.05, 3.63) is 24.3 Å². The van der Waals surface area contributed by atoms with Gasteiger partial charge in [0.2, 0.25) is 10.0 Å². The number of hydrogen-bond acceptors (Lipinski definition) is 4. The number of nitrogens with zero attached hydrogens (tertiary/aromatic N) is 2. The van der Waals surface area contributed by atoms with Gasteiger partial charge >= 0.3 is 0 Å². The summed E-state index contributed by atoms with van der Waals surface area (Å²) >= 11 is 0. The van der Waals surface area contributed by atoms with Gasteiger partial charge < -0.3 is 0 Å². The van der Waals surface area contributed by atoms with Gasteiger partial charge in [-0.1, -0.05) is 0 Å². The lowest BCUT2D eigenvalue weighted by molar-refractivity contribution is 0.571. The zero-order valence-corrected chi connectivity index (χ0v) is 8.62. The molecule has 1 aromatic heterocycles. The highest BCUT2D eigenvalue weighted by atomic mass is 32.2. The van der Waals surface area contributed by atoms with E-state index in [1.807, 2.05) is 0 Å². The largest absolute Gasteiger partial charge is 0.260 e. The van der Waals surface area contributed by atoms with Gasteiger partial charge in [-0.15, -0.1) is 0 Å². The van der Waals surface area contributed by atoms with Gasteiger partial charge in [0.1, 0.15) is 16.8 Å². The molecular formula is C8H8FN3O2S. The lowest BCUT2D eigenvalue weighted by Gasteiger charge is -2.06. The van der Waals surface area contributed by atoms with Gasteiger partial charge in [0, 0.05) is 6.20 Å². The monoisotopic (exact) mass is 229 g/mol. The second kappa shape index (κ2) is 4.33. The van der Waals surface area contributed by atoms with Crippen LogP contribution in [0.4, 0.5) is 4.39 Å². The third-order valence-electron chi connectivity index (χ3n) is 1.52. The number of pyridine rings is 1. The Hall–Kier alpha value is -1.52. The molecule has 80 valence electrons. The maximum Gasteiger partial charge on any atom is 0.243 e. The summed E-state index contributed by atoms with van der Waals surface area (Å²) in [5.41, 5.74) is 0. The quantitative estimate of drug-likeness (QED) is 0.813. The number of halogens is 1. The van der Waals surface area contributed by atoms with Crippen LogP contribution in [-0.2, 0) is 10.0 Å². The summed E-state index contributed by atoms with van der Waals surface area (Å²) in [4.78, 5) is 3.11. The lowest BCUT2D eigenvalue weighted by atomic mass is 10.4. The fourth-order valence-corrected chi connectivity index (χ4v) is 1.99. The first kappa shape index (κ1) is 11.6. The van der Waals surface area contributed by atoms with E-state index in [9.17, 15) is 12.8 Å². The van der Waals surface area contributed by atoms with Crippen molar-refractivity contribution >= 4 is 10.0 Å². The van der Waals surface area contributed by atoms with Gasteiger partial charge in [-0.05, 0) is 13.0 Å². The molecule has 5 nitrogen and oxygen atoms in total. The molecule has 0 aliphatic carbocycles. The highest BCUT2D eigenvalue weighted by molar-refractivity contribution is 7.89. The topological polar surface area (TPSA) is 82.9 Å². The minimum absolute atomic E-state index is 0.301. The zero-order valence-electron chi connectivity index (χ0n) is 7.81. The highest BCUT2D eigenvalue weighted by Crippen LogP contribution is 2.08. The standard InChI is InChI=1S/C8H8FN3O2S/c1-6(3-10)12-15(13,14)8-2-7(9)4-11-5-8/h2,4-6,12H,1H3. The van der Waals surface area contributed by atoms with Crippen molar-refractivity contribution in [3.63, 3.8) is 0 Å². The molecule has 15 heavy (non-hydrogen) atoms. The van der Waals surface area contributed by atoms with Crippen LogP contribution in [0.1, 0.15) is 6.92 Å². The minimum Gasteiger partial charge on any atom is -0.260 e. The highest BCUT2D eigenvalue weighted by Gasteiger charge is 2.17. The average Bonchev–Trinajstić information content (AvgIpc) is 2.17. The lowest BCUT2D eigenvalue weighted by Crippen LogP contribution is -2.31. The molecule has 7 heteroatoms. The van der Waals surface area contributed by atoms with Crippen molar-refractivity contribution < 1.29 is 12.8 Å². The Bertz CT molecular complexity index is 495. The van der Waals surface area contributed by atoms with E-state index >= 15 is 0 Å². The first-order chi connectivity index (χ1) is 6.95. The number of sulfonamides is 1. The molecule has 0 saturated heterocycles. The molecule has 0 amide bonds. The normalized spacial score (nSPS) is 13.1. The predicted octanol–water partition coefficient (Wildman–Crippen LogP) is 0.411. The van der Waals surface area contributed by atoms with Gasteiger partial charge in [-0.2, -0.15) is 9.98 Å². The Morgan fingerprint density at radius 1 is 1.60 bits per heavy atom. The molecular weight excluding hydrogens is 221 g/mol. The van der Waals surface area contributed by atoms with Crippen LogP contribution in [0, 0.1) is 17.1 Å². The van der Waals surface area contributed by atoms with Gasteiger partial charge in [0.25, 0.3) is 0 Å². The van der Waals surface area contributed by atoms with E-state index in [2.05, 4.69) is 9.71 Å². The van der Waals surface area contributed by atoms with Crippen LogP contribution in [0.5, 0.6) is 0 Å². The second-order valence-corrected chi connectivity index (χ2v) is 4.52. The molecule has 0 aliphatic heterocycles. The van der Waals surface area contributed by atoms with Crippen molar-refractivity contribution in [2.45, 2.75) is 17.9 Å². The molecule has 0 fully saturated rings. The van der Waals surface area contributed by atoms with Crippen molar-refractivity contribution in [2.75, 3.05) is 0 Å². The second-order valence-electron chi connectivity index (χ2n) is 2.81. The summed E-state index contributed by atoms with van der Waals surface area (Å²) in [5.74, 6) is -0.748. The number of nitrogens with one attached hydrogen (secondary N) is 1. The summed E-state index contributed by atoms with van der Waals surface area (Å²) in [6.07, 6.45) is 1.91. The van der Waals surface area contributed by atoms with Crippen molar-refractivity contribution in [1.82, 2.24) is 9.71 Å². The summed E-state index contributed by atoms with van der Waals surface area (Å²) in [6.45, 7) is 1.38. The molecule has 0 bridgehead atoms. The number of nitriles is 1. The molecule has 1 unspecified atom stereocenters. The third-order valence-corrected chi connectivity index (χ3v) is 3.02. The van der Waals surface area contributed by atoms with Crippen molar-refractivity contribution in [1.29, 1.82) is 5.26 Å². The average molecular weight is 229 g/mol. The van der Waals surface area contributed by atoms with E-state index in [4.69, 9.17) is 5.26 Å². The fraction of sp³-hybridized carbons (Fsp3) is 0.250. The van der Waals surface area contributed by atoms with E-state index in [0.29, 0.717) is 0 Å². The first-order valence-electron chi connectivity index (χ1n) is 3.98. The molecule has 0 saturated carbocycles. The number of rotatable bonds is 3. The van der Waals surface area contributed by atoms with Gasteiger partial charge in [0.05, 0.1) is 12.3 Å². The van der Waals surface area contributed by atoms with Crippen LogP contribution in [0.25, 0.3) is 0 Å². The number of aromatic nitrogens is 1. The van der Waals surface area contributed by atoms with E-state index in [1.165, 1.54) is 6.92 Å². The Balaban J connectivity index is 3.03.